The molecule has 10 nitrogen and oxygen atoms in total. The molecule has 1 aliphatic rings. The number of amides is 1. The average Bonchev–Trinajstić information content (AvgIpc) is 3.56. The number of halogens is 1. The molecular formula is C32H45ClN6O4S. The van der Waals surface area contributed by atoms with Crippen LogP contribution in [0.5, 0.6) is 5.88 Å². The summed E-state index contributed by atoms with van der Waals surface area (Å²) in [4.78, 5) is 21.4. The molecule has 1 aliphatic carbocycles. The predicted molar refractivity (Wildman–Crippen MR) is 173 cm³/mol. The smallest absolute Gasteiger partial charge is 0.281 e. The molecule has 3 heterocycles. The van der Waals surface area contributed by atoms with Gasteiger partial charge in [-0.25, -0.2) is 19.4 Å². The van der Waals surface area contributed by atoms with Gasteiger partial charge in [-0.15, -0.1) is 5.10 Å². The average molecular weight is 645 g/mol. The van der Waals surface area contributed by atoms with E-state index in [1.54, 1.807) is 24.4 Å². The zero-order chi connectivity index (χ0) is 32.1. The van der Waals surface area contributed by atoms with Gasteiger partial charge in [0, 0.05) is 18.8 Å². The summed E-state index contributed by atoms with van der Waals surface area (Å²) in [6.45, 7) is 14.6. The summed E-state index contributed by atoms with van der Waals surface area (Å²) in [5.74, 6) is 2.39. The van der Waals surface area contributed by atoms with Crippen LogP contribution in [0.15, 0.2) is 47.6 Å². The number of hydrogen-bond acceptors (Lipinski definition) is 8. The van der Waals surface area contributed by atoms with Gasteiger partial charge >= 0.3 is 0 Å². The number of carbonyl (C=O) groups excluding carboxylic acids is 1. The number of aromatic nitrogens is 4. The SMILES string of the molecule is CC(C)C(COc1ccn(-c2ccc(C(=O)NS(=O)(=O)c3cccc(NCCC[C@@H]4CCC(C)(C)C4)n3)c(Cl)n2)n1)C(C)C. The number of nitrogens with zero attached hydrogens (tertiary/aromatic N) is 4. The van der Waals surface area contributed by atoms with Crippen molar-refractivity contribution < 1.29 is 17.9 Å². The van der Waals surface area contributed by atoms with Crippen LogP contribution in [0.3, 0.4) is 0 Å². The first-order valence-electron chi connectivity index (χ1n) is 15.4. The number of carbonyl (C=O) groups is 1. The third-order valence-corrected chi connectivity index (χ3v) is 9.93. The van der Waals surface area contributed by atoms with Gasteiger partial charge in [-0.2, -0.15) is 8.42 Å². The Morgan fingerprint density at radius 2 is 1.86 bits per heavy atom. The lowest BCUT2D eigenvalue weighted by Crippen LogP contribution is -2.31. The Morgan fingerprint density at radius 1 is 1.11 bits per heavy atom. The third-order valence-electron chi connectivity index (χ3n) is 8.41. The zero-order valence-electron chi connectivity index (χ0n) is 26.5. The van der Waals surface area contributed by atoms with Crippen LogP contribution in [0.4, 0.5) is 5.82 Å². The van der Waals surface area contributed by atoms with E-state index in [-0.39, 0.29) is 15.7 Å². The van der Waals surface area contributed by atoms with Crippen molar-refractivity contribution in [3.8, 4) is 11.7 Å². The van der Waals surface area contributed by atoms with E-state index in [0.29, 0.717) is 53.8 Å². The molecule has 0 aliphatic heterocycles. The Kier molecular flexibility index (Phi) is 10.9. The van der Waals surface area contributed by atoms with Crippen LogP contribution in [-0.2, 0) is 10.0 Å². The zero-order valence-corrected chi connectivity index (χ0v) is 28.1. The molecule has 0 radical (unpaired) electrons. The van der Waals surface area contributed by atoms with Crippen LogP contribution in [0.25, 0.3) is 5.82 Å². The minimum Gasteiger partial charge on any atom is -0.476 e. The van der Waals surface area contributed by atoms with Gasteiger partial charge < -0.3 is 10.1 Å². The molecule has 0 saturated heterocycles. The van der Waals surface area contributed by atoms with Crippen molar-refractivity contribution in [2.45, 2.75) is 78.7 Å². The normalized spacial score (nSPS) is 16.5. The lowest BCUT2D eigenvalue weighted by molar-refractivity contribution is 0.0981. The fourth-order valence-electron chi connectivity index (χ4n) is 5.90. The second-order valence-corrected chi connectivity index (χ2v) is 15.2. The van der Waals surface area contributed by atoms with E-state index in [4.69, 9.17) is 16.3 Å². The minimum absolute atomic E-state index is 0.0938. The maximum absolute atomic E-state index is 13.0. The Bertz CT molecular complexity index is 1530. The van der Waals surface area contributed by atoms with E-state index in [1.165, 1.54) is 42.1 Å². The number of ether oxygens (including phenoxy) is 1. The highest BCUT2D eigenvalue weighted by atomic mass is 35.5. The van der Waals surface area contributed by atoms with Crippen molar-refractivity contribution in [1.29, 1.82) is 0 Å². The first-order valence-corrected chi connectivity index (χ1v) is 17.2. The van der Waals surface area contributed by atoms with E-state index < -0.39 is 15.9 Å². The molecule has 1 amide bonds. The maximum Gasteiger partial charge on any atom is 0.281 e. The highest BCUT2D eigenvalue weighted by Crippen LogP contribution is 2.42. The predicted octanol–water partition coefficient (Wildman–Crippen LogP) is 6.76. The van der Waals surface area contributed by atoms with E-state index >= 15 is 0 Å². The second kappa shape index (κ2) is 14.3. The van der Waals surface area contributed by atoms with Crippen molar-refractivity contribution >= 4 is 33.3 Å². The third kappa shape index (κ3) is 8.94. The van der Waals surface area contributed by atoms with Gasteiger partial charge in [0.25, 0.3) is 15.9 Å². The van der Waals surface area contributed by atoms with Gasteiger partial charge in [-0.3, -0.25) is 4.79 Å². The first-order chi connectivity index (χ1) is 20.7. The van der Waals surface area contributed by atoms with Crippen LogP contribution in [0.2, 0.25) is 5.15 Å². The quantitative estimate of drug-likeness (QED) is 0.146. The number of sulfonamides is 1. The molecule has 1 fully saturated rings. The highest BCUT2D eigenvalue weighted by molar-refractivity contribution is 7.90. The van der Waals surface area contributed by atoms with Crippen LogP contribution < -0.4 is 14.8 Å². The first kappa shape index (κ1) is 33.7. The van der Waals surface area contributed by atoms with Crippen molar-refractivity contribution in [2.75, 3.05) is 18.5 Å². The Labute approximate surface area is 266 Å². The van der Waals surface area contributed by atoms with Crippen LogP contribution in [0, 0.1) is 29.1 Å². The number of hydrogen-bond donors (Lipinski definition) is 2. The maximum atomic E-state index is 13.0. The van der Waals surface area contributed by atoms with E-state index in [2.05, 4.69) is 66.6 Å². The Morgan fingerprint density at radius 3 is 2.52 bits per heavy atom. The molecule has 44 heavy (non-hydrogen) atoms. The summed E-state index contributed by atoms with van der Waals surface area (Å²) in [5, 5.41) is 7.18. The largest absolute Gasteiger partial charge is 0.476 e. The molecule has 1 atom stereocenters. The number of rotatable bonds is 14. The summed E-state index contributed by atoms with van der Waals surface area (Å²) >= 11 is 6.32. The summed E-state index contributed by atoms with van der Waals surface area (Å²) in [5.41, 5.74) is 0.336. The second-order valence-electron chi connectivity index (χ2n) is 13.2. The van der Waals surface area contributed by atoms with Crippen molar-refractivity contribution in [1.82, 2.24) is 24.5 Å². The van der Waals surface area contributed by atoms with E-state index in [0.717, 1.165) is 18.8 Å². The van der Waals surface area contributed by atoms with Gasteiger partial charge in [-0.05, 0) is 85.5 Å². The van der Waals surface area contributed by atoms with Gasteiger partial charge in [0.2, 0.25) is 5.88 Å². The van der Waals surface area contributed by atoms with E-state index in [9.17, 15) is 13.2 Å². The summed E-state index contributed by atoms with van der Waals surface area (Å²) < 4.78 is 35.5. The molecule has 3 aromatic rings. The fraction of sp³-hybridized carbons (Fsp3) is 0.562. The molecule has 3 aromatic heterocycles. The van der Waals surface area contributed by atoms with Crippen molar-refractivity contribution in [2.24, 2.45) is 29.1 Å². The highest BCUT2D eigenvalue weighted by Gasteiger charge is 2.30. The monoisotopic (exact) mass is 644 g/mol. The lowest BCUT2D eigenvalue weighted by atomic mass is 9.86. The van der Waals surface area contributed by atoms with Gasteiger partial charge in [0.1, 0.15) is 11.0 Å². The summed E-state index contributed by atoms with van der Waals surface area (Å²) in [6, 6.07) is 9.30. The molecule has 1 saturated carbocycles. The standard InChI is InChI=1S/C32H45ClN6O4S/c1-21(2)25(22(3)4)20-43-28-15-18-39(37-28)27-13-12-24(30(33)36-27)31(40)38-44(41,42)29-11-7-10-26(35-29)34-17-8-9-23-14-16-32(5,6)19-23/h7,10-13,15,18,21-23,25H,8-9,14,16-17,19-20H2,1-6H3,(H,34,35)(H,38,40)/t23-/m1/s1. The lowest BCUT2D eigenvalue weighted by Gasteiger charge is -2.24. The molecule has 4 rings (SSSR count). The van der Waals surface area contributed by atoms with Crippen LogP contribution in [0.1, 0.15) is 84.0 Å². The van der Waals surface area contributed by atoms with Crippen LogP contribution >= 0.6 is 11.6 Å². The molecule has 12 heteroatoms. The van der Waals surface area contributed by atoms with Crippen molar-refractivity contribution in [3.63, 3.8) is 0 Å². The number of anilines is 1. The summed E-state index contributed by atoms with van der Waals surface area (Å²) in [7, 11) is -4.26. The molecule has 0 unspecified atom stereocenters. The fourth-order valence-corrected chi connectivity index (χ4v) is 7.07. The topological polar surface area (TPSA) is 128 Å². The van der Waals surface area contributed by atoms with E-state index in [1.807, 2.05) is 0 Å². The molecule has 240 valence electrons. The molecular weight excluding hydrogens is 600 g/mol. The summed E-state index contributed by atoms with van der Waals surface area (Å²) in [6.07, 6.45) is 7.56. The molecule has 0 aromatic carbocycles. The molecule has 0 spiro atoms. The number of pyridine rings is 2. The molecule has 2 N–H and O–H groups in total. The van der Waals surface area contributed by atoms with Crippen LogP contribution in [-0.4, -0.2) is 47.2 Å². The van der Waals surface area contributed by atoms with Gasteiger partial charge in [-0.1, -0.05) is 59.2 Å². The van der Waals surface area contributed by atoms with Gasteiger partial charge in [0.05, 0.1) is 12.2 Å². The Hall–Kier alpha value is -3.18. The van der Waals surface area contributed by atoms with Crippen molar-refractivity contribution in [3.05, 3.63) is 53.3 Å². The minimum atomic E-state index is -4.26. The Balaban J connectivity index is 1.34. The molecule has 0 bridgehead atoms. The van der Waals surface area contributed by atoms with Gasteiger partial charge in [0.15, 0.2) is 10.8 Å². The number of nitrogens with one attached hydrogen (secondary N) is 2.